The lowest BCUT2D eigenvalue weighted by Crippen LogP contribution is -2.29. The molecule has 0 radical (unpaired) electrons. The second-order valence-electron chi connectivity index (χ2n) is 11.4. The molecule has 0 aliphatic carbocycles. The Morgan fingerprint density at radius 1 is 1.07 bits per heavy atom. The van der Waals surface area contributed by atoms with Gasteiger partial charge in [-0.15, -0.1) is 0 Å². The molecule has 5 aromatic rings. The van der Waals surface area contributed by atoms with Crippen LogP contribution in [0.4, 0.5) is 0 Å². The van der Waals surface area contributed by atoms with Gasteiger partial charge in [-0.05, 0) is 64.1 Å². The number of allylic oxidation sites excluding steroid dienone is 2. The average molecular weight is 566 g/mol. The van der Waals surface area contributed by atoms with Crippen LogP contribution in [0.15, 0.2) is 74.2 Å². The van der Waals surface area contributed by atoms with Crippen LogP contribution in [-0.4, -0.2) is 27.5 Å². The Balaban J connectivity index is 1.81. The first kappa shape index (κ1) is 27.2. The summed E-state index contributed by atoms with van der Waals surface area (Å²) in [6.45, 7) is 7.72. The topological polar surface area (TPSA) is 111 Å². The smallest absolute Gasteiger partial charge is 0.336 e. The van der Waals surface area contributed by atoms with E-state index in [9.17, 15) is 19.8 Å². The van der Waals surface area contributed by atoms with Gasteiger partial charge in [-0.2, -0.15) is 0 Å². The van der Waals surface area contributed by atoms with E-state index in [-0.39, 0.29) is 22.3 Å². The Morgan fingerprint density at radius 3 is 2.55 bits per heavy atom. The number of phenols is 2. The molecule has 8 heteroatoms. The van der Waals surface area contributed by atoms with Crippen molar-refractivity contribution in [1.29, 1.82) is 0 Å². The third kappa shape index (κ3) is 4.13. The molecule has 0 bridgehead atoms. The largest absolute Gasteiger partial charge is 0.507 e. The van der Waals surface area contributed by atoms with Gasteiger partial charge in [-0.1, -0.05) is 17.7 Å². The minimum Gasteiger partial charge on any atom is -0.507 e. The van der Waals surface area contributed by atoms with Gasteiger partial charge < -0.3 is 28.7 Å². The second kappa shape index (κ2) is 9.55. The molecule has 42 heavy (non-hydrogen) atoms. The number of benzene rings is 3. The number of nitrogens with zero attached hydrogens (tertiary/aromatic N) is 1. The van der Waals surface area contributed by atoms with Gasteiger partial charge in [0, 0.05) is 47.2 Å². The van der Waals surface area contributed by atoms with Crippen LogP contribution in [-0.2, 0) is 7.05 Å². The summed E-state index contributed by atoms with van der Waals surface area (Å²) in [4.78, 5) is 26.0. The fraction of sp³-hybridized carbons (Fsp3) is 0.235. The van der Waals surface area contributed by atoms with Crippen molar-refractivity contribution in [3.05, 3.63) is 97.5 Å². The minimum atomic E-state index is -0.716. The van der Waals surface area contributed by atoms with Crippen molar-refractivity contribution in [2.24, 2.45) is 7.05 Å². The predicted molar refractivity (Wildman–Crippen MR) is 164 cm³/mol. The normalized spacial score (nSPS) is 14.5. The van der Waals surface area contributed by atoms with Crippen LogP contribution in [0.3, 0.4) is 0 Å². The van der Waals surface area contributed by atoms with Gasteiger partial charge in [0.1, 0.15) is 34.2 Å². The summed E-state index contributed by atoms with van der Waals surface area (Å²) in [6, 6.07) is 11.3. The van der Waals surface area contributed by atoms with Gasteiger partial charge in [0.25, 0.3) is 0 Å². The van der Waals surface area contributed by atoms with Crippen LogP contribution >= 0.6 is 0 Å². The molecule has 3 aromatic carbocycles. The number of methoxy groups -OCH3 is 1. The van der Waals surface area contributed by atoms with E-state index in [2.05, 4.69) is 0 Å². The average Bonchev–Trinajstić information content (AvgIpc) is 2.93. The van der Waals surface area contributed by atoms with Crippen molar-refractivity contribution < 1.29 is 24.1 Å². The molecule has 0 amide bonds. The molecule has 1 atom stereocenters. The van der Waals surface area contributed by atoms with Crippen molar-refractivity contribution in [2.75, 3.05) is 7.11 Å². The lowest BCUT2D eigenvalue weighted by atomic mass is 9.83. The number of hydrogen-bond donors (Lipinski definition) is 2. The van der Waals surface area contributed by atoms with Gasteiger partial charge in [0.15, 0.2) is 0 Å². The SMILES string of the molecule is COc1cc2oc(=O)ccc2cc1C(C=C(C)C)c1c2c(c3c(c1O)c(=O)c1cccc(O)c1n3C)C=CC(C)(C)O2. The number of aromatic hydroxyl groups is 2. The third-order valence-corrected chi connectivity index (χ3v) is 7.76. The van der Waals surface area contributed by atoms with Crippen molar-refractivity contribution >= 4 is 38.9 Å². The van der Waals surface area contributed by atoms with E-state index in [1.54, 1.807) is 35.9 Å². The van der Waals surface area contributed by atoms with Crippen LogP contribution in [0, 0.1) is 0 Å². The van der Waals surface area contributed by atoms with Crippen molar-refractivity contribution in [3.63, 3.8) is 0 Å². The van der Waals surface area contributed by atoms with Crippen LogP contribution in [0.25, 0.3) is 38.9 Å². The van der Waals surface area contributed by atoms with E-state index in [0.29, 0.717) is 50.2 Å². The Labute approximate surface area is 241 Å². The summed E-state index contributed by atoms with van der Waals surface area (Å²) in [7, 11) is 3.28. The maximum Gasteiger partial charge on any atom is 0.336 e. The fourth-order valence-electron chi connectivity index (χ4n) is 5.95. The summed E-state index contributed by atoms with van der Waals surface area (Å²) in [5, 5.41) is 24.0. The molecule has 1 aliphatic rings. The summed E-state index contributed by atoms with van der Waals surface area (Å²) < 4.78 is 19.5. The molecule has 3 heterocycles. The number of aryl methyl sites for hydroxylation is 1. The molecular weight excluding hydrogens is 534 g/mol. The lowest BCUT2D eigenvalue weighted by molar-refractivity contribution is 0.156. The minimum absolute atomic E-state index is 0.0395. The molecule has 1 unspecified atom stereocenters. The summed E-state index contributed by atoms with van der Waals surface area (Å²) in [5.74, 6) is -0.0189. The van der Waals surface area contributed by atoms with E-state index in [4.69, 9.17) is 13.9 Å². The highest BCUT2D eigenvalue weighted by Gasteiger charge is 2.35. The zero-order valence-corrected chi connectivity index (χ0v) is 24.2. The predicted octanol–water partition coefficient (Wildman–Crippen LogP) is 6.50. The summed E-state index contributed by atoms with van der Waals surface area (Å²) in [6.07, 6.45) is 5.79. The molecule has 2 aromatic heterocycles. The highest BCUT2D eigenvalue weighted by atomic mass is 16.5. The quantitative estimate of drug-likeness (QED) is 0.145. The van der Waals surface area contributed by atoms with Gasteiger partial charge in [-0.3, -0.25) is 4.79 Å². The molecule has 1 aliphatic heterocycles. The molecule has 0 spiro atoms. The van der Waals surface area contributed by atoms with E-state index < -0.39 is 22.6 Å². The summed E-state index contributed by atoms with van der Waals surface area (Å²) in [5.41, 5.74) is 2.23. The lowest BCUT2D eigenvalue weighted by Gasteiger charge is -2.33. The van der Waals surface area contributed by atoms with E-state index in [1.807, 2.05) is 52.0 Å². The van der Waals surface area contributed by atoms with Crippen molar-refractivity contribution in [1.82, 2.24) is 4.57 Å². The molecule has 214 valence electrons. The maximum absolute atomic E-state index is 14.1. The number of phenolic OH excluding ortho intramolecular Hbond substituents is 2. The first-order valence-electron chi connectivity index (χ1n) is 13.6. The van der Waals surface area contributed by atoms with E-state index >= 15 is 0 Å². The van der Waals surface area contributed by atoms with E-state index in [0.717, 1.165) is 5.57 Å². The number of pyridine rings is 1. The molecule has 2 N–H and O–H groups in total. The van der Waals surface area contributed by atoms with Crippen LogP contribution < -0.4 is 20.5 Å². The van der Waals surface area contributed by atoms with Crippen LogP contribution in [0.2, 0.25) is 0 Å². The molecule has 0 saturated heterocycles. The van der Waals surface area contributed by atoms with Gasteiger partial charge in [0.05, 0.1) is 28.9 Å². The zero-order chi connectivity index (χ0) is 30.1. The number of ether oxygens (including phenoxy) is 2. The first-order valence-corrected chi connectivity index (χ1v) is 13.6. The Hall–Kier alpha value is -4.98. The Kier molecular flexibility index (Phi) is 6.18. The van der Waals surface area contributed by atoms with Crippen molar-refractivity contribution in [3.8, 4) is 23.0 Å². The summed E-state index contributed by atoms with van der Waals surface area (Å²) >= 11 is 0. The third-order valence-electron chi connectivity index (χ3n) is 7.76. The number of fused-ring (bicyclic) bond motifs is 5. The van der Waals surface area contributed by atoms with Crippen molar-refractivity contribution in [2.45, 2.75) is 39.2 Å². The number of hydrogen-bond acceptors (Lipinski definition) is 7. The first-order chi connectivity index (χ1) is 19.9. The monoisotopic (exact) mass is 565 g/mol. The molecule has 0 saturated carbocycles. The maximum atomic E-state index is 14.1. The number of rotatable bonds is 4. The van der Waals surface area contributed by atoms with E-state index in [1.165, 1.54) is 19.2 Å². The standard InChI is InChI=1S/C34H31NO7/c1-17(2)14-22(21-15-18-10-11-26(37)41-24(18)16-25(21)40-6)27-32(39)28-30(20-12-13-34(3,4)42-33(20)27)35(5)29-19(31(28)38)8-7-9-23(29)36/h7-16,22,36,39H,1-6H3. The van der Waals surface area contributed by atoms with Crippen LogP contribution in [0.1, 0.15) is 50.3 Å². The number of aromatic nitrogens is 1. The van der Waals surface area contributed by atoms with Gasteiger partial charge in [-0.25, -0.2) is 4.79 Å². The zero-order valence-electron chi connectivity index (χ0n) is 24.2. The highest BCUT2D eigenvalue weighted by Crippen LogP contribution is 2.51. The fourth-order valence-corrected chi connectivity index (χ4v) is 5.95. The van der Waals surface area contributed by atoms with Gasteiger partial charge >= 0.3 is 5.63 Å². The second-order valence-corrected chi connectivity index (χ2v) is 11.4. The molecule has 0 fully saturated rings. The highest BCUT2D eigenvalue weighted by molar-refractivity contribution is 6.04. The molecule has 6 rings (SSSR count). The molecule has 8 nitrogen and oxygen atoms in total. The van der Waals surface area contributed by atoms with Crippen LogP contribution in [0.5, 0.6) is 23.0 Å². The number of para-hydroxylation sites is 1. The Bertz CT molecular complexity index is 2130. The van der Waals surface area contributed by atoms with Gasteiger partial charge in [0.2, 0.25) is 5.43 Å². The molecular formula is C34H31NO7. The Morgan fingerprint density at radius 2 is 1.83 bits per heavy atom.